The summed E-state index contributed by atoms with van der Waals surface area (Å²) in [5.41, 5.74) is 0. The van der Waals surface area contributed by atoms with Crippen LogP contribution in [0.3, 0.4) is 0 Å². The van der Waals surface area contributed by atoms with Crippen LogP contribution in [0.4, 0.5) is 0 Å². The van der Waals surface area contributed by atoms with Crippen molar-refractivity contribution >= 4 is 5.91 Å². The lowest BCUT2D eigenvalue weighted by Crippen LogP contribution is -2.29. The monoisotopic (exact) mass is 169 g/mol. The van der Waals surface area contributed by atoms with Gasteiger partial charge in [0, 0.05) is 19.5 Å². The first-order chi connectivity index (χ1) is 5.75. The van der Waals surface area contributed by atoms with Crippen LogP contribution < -0.4 is 0 Å². The zero-order valence-corrected chi connectivity index (χ0v) is 7.20. The third-order valence-corrected chi connectivity index (χ3v) is 2.68. The summed E-state index contributed by atoms with van der Waals surface area (Å²) in [5, 5.41) is 9.20. The van der Waals surface area contributed by atoms with E-state index >= 15 is 0 Å². The molecule has 1 saturated heterocycles. The van der Waals surface area contributed by atoms with E-state index < -0.39 is 0 Å². The van der Waals surface area contributed by atoms with Gasteiger partial charge in [0.15, 0.2) is 0 Å². The molecule has 0 aromatic heterocycles. The Labute approximate surface area is 72.4 Å². The number of hydrogen-bond donors (Lipinski definition) is 1. The number of nitrogens with zero attached hydrogens (tertiary/aromatic N) is 1. The van der Waals surface area contributed by atoms with Crippen molar-refractivity contribution in [2.24, 2.45) is 5.92 Å². The Balaban J connectivity index is 1.79. The highest BCUT2D eigenvalue weighted by Crippen LogP contribution is 2.33. The lowest BCUT2D eigenvalue weighted by molar-refractivity contribution is -0.130. The molecule has 1 unspecified atom stereocenters. The summed E-state index contributed by atoms with van der Waals surface area (Å²) in [6, 6.07) is 0. The van der Waals surface area contributed by atoms with Gasteiger partial charge in [-0.25, -0.2) is 0 Å². The molecule has 2 rings (SSSR count). The van der Waals surface area contributed by atoms with E-state index in [-0.39, 0.29) is 12.0 Å². The van der Waals surface area contributed by atoms with Crippen LogP contribution >= 0.6 is 0 Å². The van der Waals surface area contributed by atoms with Crippen LogP contribution in [0.25, 0.3) is 0 Å². The quantitative estimate of drug-likeness (QED) is 0.649. The first-order valence-corrected chi connectivity index (χ1v) is 4.71. The average Bonchev–Trinajstić information content (AvgIpc) is 2.72. The van der Waals surface area contributed by atoms with Crippen molar-refractivity contribution in [2.45, 2.75) is 31.8 Å². The van der Waals surface area contributed by atoms with Crippen molar-refractivity contribution in [1.82, 2.24) is 4.90 Å². The molecule has 0 bridgehead atoms. The van der Waals surface area contributed by atoms with Gasteiger partial charge in [0.25, 0.3) is 0 Å². The van der Waals surface area contributed by atoms with Crippen LogP contribution in [0.2, 0.25) is 0 Å². The third-order valence-electron chi connectivity index (χ3n) is 2.68. The lowest BCUT2D eigenvalue weighted by atomic mass is 10.2. The molecule has 3 nitrogen and oxygen atoms in total. The second-order valence-corrected chi connectivity index (χ2v) is 3.93. The summed E-state index contributed by atoms with van der Waals surface area (Å²) in [6.45, 7) is 1.32. The standard InChI is InChI=1S/C9H15NO2/c11-8-3-4-10(6-8)9(12)5-7-1-2-7/h7-8,11H,1-6H2. The van der Waals surface area contributed by atoms with Gasteiger partial charge >= 0.3 is 0 Å². The predicted molar refractivity (Wildman–Crippen MR) is 44.5 cm³/mol. The first kappa shape index (κ1) is 8.05. The van der Waals surface area contributed by atoms with E-state index in [1.54, 1.807) is 4.90 Å². The summed E-state index contributed by atoms with van der Waals surface area (Å²) in [4.78, 5) is 13.3. The van der Waals surface area contributed by atoms with Crippen LogP contribution in [0.15, 0.2) is 0 Å². The minimum atomic E-state index is -0.270. The second kappa shape index (κ2) is 3.05. The highest BCUT2D eigenvalue weighted by Gasteiger charge is 2.30. The zero-order valence-electron chi connectivity index (χ0n) is 7.20. The van der Waals surface area contributed by atoms with E-state index in [2.05, 4.69) is 0 Å². The topological polar surface area (TPSA) is 40.5 Å². The van der Waals surface area contributed by atoms with Gasteiger partial charge in [0.2, 0.25) is 5.91 Å². The SMILES string of the molecule is O=C(CC1CC1)N1CCC(O)C1. The van der Waals surface area contributed by atoms with Gasteiger partial charge in [0.05, 0.1) is 6.10 Å². The second-order valence-electron chi connectivity index (χ2n) is 3.93. The molecular formula is C9H15NO2. The highest BCUT2D eigenvalue weighted by atomic mass is 16.3. The minimum Gasteiger partial charge on any atom is -0.391 e. The summed E-state index contributed by atoms with van der Waals surface area (Å²) in [7, 11) is 0. The summed E-state index contributed by atoms with van der Waals surface area (Å²) < 4.78 is 0. The molecule has 0 radical (unpaired) electrons. The summed E-state index contributed by atoms with van der Waals surface area (Å²) in [5.74, 6) is 0.907. The molecule has 1 heterocycles. The fourth-order valence-electron chi connectivity index (χ4n) is 1.67. The highest BCUT2D eigenvalue weighted by molar-refractivity contribution is 5.77. The Morgan fingerprint density at radius 1 is 1.42 bits per heavy atom. The molecule has 0 aromatic rings. The van der Waals surface area contributed by atoms with Crippen molar-refractivity contribution in [3.05, 3.63) is 0 Å². The van der Waals surface area contributed by atoms with E-state index in [1.807, 2.05) is 0 Å². The van der Waals surface area contributed by atoms with Gasteiger partial charge in [-0.3, -0.25) is 4.79 Å². The van der Waals surface area contributed by atoms with Crippen molar-refractivity contribution in [1.29, 1.82) is 0 Å². The molecule has 0 aromatic carbocycles. The molecule has 1 atom stereocenters. The molecule has 2 aliphatic rings. The number of rotatable bonds is 2. The van der Waals surface area contributed by atoms with Crippen molar-refractivity contribution in [3.8, 4) is 0 Å². The number of aliphatic hydroxyl groups excluding tert-OH is 1. The maximum absolute atomic E-state index is 11.5. The smallest absolute Gasteiger partial charge is 0.222 e. The number of hydrogen-bond acceptors (Lipinski definition) is 2. The molecule has 68 valence electrons. The number of likely N-dealkylation sites (tertiary alicyclic amines) is 1. The van der Waals surface area contributed by atoms with Crippen molar-refractivity contribution in [2.75, 3.05) is 13.1 Å². The number of carbonyl (C=O) groups excluding carboxylic acids is 1. The number of amides is 1. The fourth-order valence-corrected chi connectivity index (χ4v) is 1.67. The molecule has 1 amide bonds. The Morgan fingerprint density at radius 3 is 2.67 bits per heavy atom. The van der Waals surface area contributed by atoms with E-state index in [1.165, 1.54) is 12.8 Å². The number of aliphatic hydroxyl groups is 1. The zero-order chi connectivity index (χ0) is 8.55. The predicted octanol–water partition coefficient (Wildman–Crippen LogP) is 0.380. The first-order valence-electron chi connectivity index (χ1n) is 4.71. The van der Waals surface area contributed by atoms with Gasteiger partial charge in [-0.15, -0.1) is 0 Å². The number of carbonyl (C=O) groups is 1. The Morgan fingerprint density at radius 2 is 2.17 bits per heavy atom. The van der Waals surface area contributed by atoms with E-state index in [0.29, 0.717) is 18.9 Å². The van der Waals surface area contributed by atoms with Crippen LogP contribution in [-0.2, 0) is 4.79 Å². The number of β-amino-alcohol motifs (C(OH)–C–C–N with tert-alkyl or cyclic N) is 1. The van der Waals surface area contributed by atoms with Crippen LogP contribution in [0.5, 0.6) is 0 Å². The Hall–Kier alpha value is -0.570. The molecule has 3 heteroatoms. The molecule has 2 fully saturated rings. The van der Waals surface area contributed by atoms with Gasteiger partial charge < -0.3 is 10.0 Å². The largest absolute Gasteiger partial charge is 0.391 e. The minimum absolute atomic E-state index is 0.244. The Bertz CT molecular complexity index is 189. The van der Waals surface area contributed by atoms with Crippen molar-refractivity contribution in [3.63, 3.8) is 0 Å². The normalized spacial score (nSPS) is 29.4. The van der Waals surface area contributed by atoms with Gasteiger partial charge in [-0.2, -0.15) is 0 Å². The van der Waals surface area contributed by atoms with E-state index in [4.69, 9.17) is 0 Å². The molecule has 1 aliphatic heterocycles. The third kappa shape index (κ3) is 1.78. The molecule has 12 heavy (non-hydrogen) atoms. The molecule has 1 N–H and O–H groups in total. The Kier molecular flexibility index (Phi) is 2.05. The summed E-state index contributed by atoms with van der Waals surface area (Å²) in [6.07, 6.45) is 3.65. The van der Waals surface area contributed by atoms with Crippen LogP contribution in [0, 0.1) is 5.92 Å². The maximum Gasteiger partial charge on any atom is 0.222 e. The summed E-state index contributed by atoms with van der Waals surface area (Å²) >= 11 is 0. The van der Waals surface area contributed by atoms with Crippen molar-refractivity contribution < 1.29 is 9.90 Å². The average molecular weight is 169 g/mol. The van der Waals surface area contributed by atoms with E-state index in [0.717, 1.165) is 13.0 Å². The molecular weight excluding hydrogens is 154 g/mol. The van der Waals surface area contributed by atoms with Gasteiger partial charge in [0.1, 0.15) is 0 Å². The van der Waals surface area contributed by atoms with Gasteiger partial charge in [-0.1, -0.05) is 0 Å². The molecule has 1 aliphatic carbocycles. The fraction of sp³-hybridized carbons (Fsp3) is 0.889. The van der Waals surface area contributed by atoms with Gasteiger partial charge in [-0.05, 0) is 25.2 Å². The van der Waals surface area contributed by atoms with Crippen LogP contribution in [-0.4, -0.2) is 35.1 Å². The molecule has 1 saturated carbocycles. The van der Waals surface area contributed by atoms with Crippen LogP contribution in [0.1, 0.15) is 25.7 Å². The lowest BCUT2D eigenvalue weighted by Gasteiger charge is -2.14. The van der Waals surface area contributed by atoms with E-state index in [9.17, 15) is 9.90 Å². The maximum atomic E-state index is 11.5. The molecule has 0 spiro atoms.